The molecular weight excluding hydrogens is 192 g/mol. The molecule has 2 rings (SSSR count). The van der Waals surface area contributed by atoms with Crippen LogP contribution in [0.3, 0.4) is 0 Å². The Morgan fingerprint density at radius 1 is 1.47 bits per heavy atom. The minimum absolute atomic E-state index is 0.0982. The summed E-state index contributed by atoms with van der Waals surface area (Å²) in [5.74, 6) is -0.875. The first-order valence-corrected chi connectivity index (χ1v) is 4.95. The van der Waals surface area contributed by atoms with E-state index in [9.17, 15) is 4.79 Å². The molecule has 1 aromatic rings. The first-order valence-electron chi connectivity index (χ1n) is 4.95. The quantitative estimate of drug-likeness (QED) is 0.766. The zero-order valence-electron chi connectivity index (χ0n) is 8.91. The predicted molar refractivity (Wildman–Crippen MR) is 56.1 cm³/mol. The molecule has 3 nitrogen and oxygen atoms in total. The van der Waals surface area contributed by atoms with Gasteiger partial charge < -0.3 is 9.84 Å². The molecule has 0 unspecified atom stereocenters. The zero-order chi connectivity index (χ0) is 11.1. The second-order valence-electron chi connectivity index (χ2n) is 4.55. The summed E-state index contributed by atoms with van der Waals surface area (Å²) in [6.07, 6.45) is 0. The number of carbonyl (C=O) groups is 1. The molecule has 0 atom stereocenters. The molecular formula is C12H14O3. The van der Waals surface area contributed by atoms with Gasteiger partial charge in [-0.1, -0.05) is 19.9 Å². The first-order chi connectivity index (χ1) is 7.00. The summed E-state index contributed by atoms with van der Waals surface area (Å²) in [6, 6.07) is 5.24. The lowest BCUT2D eigenvalue weighted by Crippen LogP contribution is -2.30. The number of aromatic carboxylic acids is 1. The van der Waals surface area contributed by atoms with Crippen molar-refractivity contribution in [3.05, 3.63) is 34.9 Å². The van der Waals surface area contributed by atoms with Crippen molar-refractivity contribution < 1.29 is 14.6 Å². The highest BCUT2D eigenvalue weighted by Gasteiger charge is 2.28. The second kappa shape index (κ2) is 3.35. The second-order valence-corrected chi connectivity index (χ2v) is 4.55. The fraction of sp³-hybridized carbons (Fsp3) is 0.417. The van der Waals surface area contributed by atoms with Gasteiger partial charge in [0.1, 0.15) is 0 Å². The van der Waals surface area contributed by atoms with Crippen molar-refractivity contribution in [2.75, 3.05) is 6.61 Å². The Kier molecular flexibility index (Phi) is 2.27. The van der Waals surface area contributed by atoms with Crippen LogP contribution in [-0.4, -0.2) is 17.7 Å². The third-order valence-corrected chi connectivity index (χ3v) is 2.81. The molecule has 0 fully saturated rings. The van der Waals surface area contributed by atoms with Crippen LogP contribution in [0.25, 0.3) is 0 Å². The van der Waals surface area contributed by atoms with Crippen LogP contribution >= 0.6 is 0 Å². The van der Waals surface area contributed by atoms with E-state index in [1.165, 1.54) is 0 Å². The van der Waals surface area contributed by atoms with E-state index in [0.717, 1.165) is 11.1 Å². The van der Waals surface area contributed by atoms with Crippen molar-refractivity contribution in [2.24, 2.45) is 0 Å². The van der Waals surface area contributed by atoms with Crippen LogP contribution in [-0.2, 0) is 16.8 Å². The van der Waals surface area contributed by atoms with Crippen molar-refractivity contribution in [1.82, 2.24) is 0 Å². The molecule has 0 saturated heterocycles. The van der Waals surface area contributed by atoms with Crippen LogP contribution in [0.2, 0.25) is 0 Å². The van der Waals surface area contributed by atoms with Crippen LogP contribution in [0.4, 0.5) is 0 Å². The SMILES string of the molecule is CC1(C)COCc2ccc(C(=O)O)cc21. The molecule has 1 aliphatic heterocycles. The number of ether oxygens (including phenoxy) is 1. The van der Waals surface area contributed by atoms with Gasteiger partial charge in [0.2, 0.25) is 0 Å². The van der Waals surface area contributed by atoms with Crippen molar-refractivity contribution in [3.63, 3.8) is 0 Å². The van der Waals surface area contributed by atoms with Gasteiger partial charge in [0.05, 0.1) is 18.8 Å². The Bertz CT molecular complexity index is 407. The van der Waals surface area contributed by atoms with Crippen molar-refractivity contribution in [2.45, 2.75) is 25.9 Å². The summed E-state index contributed by atoms with van der Waals surface area (Å²) in [5, 5.41) is 8.93. The Hall–Kier alpha value is -1.35. The zero-order valence-corrected chi connectivity index (χ0v) is 8.91. The molecule has 0 spiro atoms. The fourth-order valence-corrected chi connectivity index (χ4v) is 1.96. The lowest BCUT2D eigenvalue weighted by molar-refractivity contribution is 0.0633. The van der Waals surface area contributed by atoms with Crippen molar-refractivity contribution in [1.29, 1.82) is 0 Å². The third-order valence-electron chi connectivity index (χ3n) is 2.81. The molecule has 0 bridgehead atoms. The number of benzene rings is 1. The van der Waals surface area contributed by atoms with Gasteiger partial charge in [0.15, 0.2) is 0 Å². The van der Waals surface area contributed by atoms with Gasteiger partial charge in [0.25, 0.3) is 0 Å². The lowest BCUT2D eigenvalue weighted by Gasteiger charge is -2.32. The summed E-state index contributed by atoms with van der Waals surface area (Å²) < 4.78 is 5.46. The number of carboxylic acids is 1. The Morgan fingerprint density at radius 2 is 2.20 bits per heavy atom. The number of hydrogen-bond acceptors (Lipinski definition) is 2. The van der Waals surface area contributed by atoms with E-state index in [0.29, 0.717) is 18.8 Å². The largest absolute Gasteiger partial charge is 0.478 e. The third kappa shape index (κ3) is 1.75. The number of rotatable bonds is 1. The molecule has 15 heavy (non-hydrogen) atoms. The normalized spacial score (nSPS) is 18.3. The molecule has 80 valence electrons. The van der Waals surface area contributed by atoms with Crippen LogP contribution in [0, 0.1) is 0 Å². The number of hydrogen-bond donors (Lipinski definition) is 1. The monoisotopic (exact) mass is 206 g/mol. The maximum absolute atomic E-state index is 10.9. The van der Waals surface area contributed by atoms with E-state index in [4.69, 9.17) is 9.84 Å². The summed E-state index contributed by atoms with van der Waals surface area (Å²) in [6.45, 7) is 5.36. The summed E-state index contributed by atoms with van der Waals surface area (Å²) in [4.78, 5) is 10.9. The summed E-state index contributed by atoms with van der Waals surface area (Å²) >= 11 is 0. The maximum Gasteiger partial charge on any atom is 0.335 e. The molecule has 0 radical (unpaired) electrons. The van der Waals surface area contributed by atoms with Crippen LogP contribution < -0.4 is 0 Å². The molecule has 1 heterocycles. The van der Waals surface area contributed by atoms with E-state index in [-0.39, 0.29) is 5.41 Å². The molecule has 0 saturated carbocycles. The number of fused-ring (bicyclic) bond motifs is 1. The van der Waals surface area contributed by atoms with Gasteiger partial charge in [0, 0.05) is 5.41 Å². The highest BCUT2D eigenvalue weighted by atomic mass is 16.5. The summed E-state index contributed by atoms with van der Waals surface area (Å²) in [5.41, 5.74) is 2.44. The lowest BCUT2D eigenvalue weighted by atomic mass is 9.80. The number of carboxylic acid groups (broad SMARTS) is 1. The minimum Gasteiger partial charge on any atom is -0.478 e. The Balaban J connectivity index is 2.53. The topological polar surface area (TPSA) is 46.5 Å². The Labute approximate surface area is 88.7 Å². The van der Waals surface area contributed by atoms with Gasteiger partial charge in [-0.3, -0.25) is 0 Å². The maximum atomic E-state index is 10.9. The molecule has 1 N–H and O–H groups in total. The van der Waals surface area contributed by atoms with Gasteiger partial charge >= 0.3 is 5.97 Å². The predicted octanol–water partition coefficient (Wildman–Crippen LogP) is 2.19. The van der Waals surface area contributed by atoms with Crippen molar-refractivity contribution >= 4 is 5.97 Å². The van der Waals surface area contributed by atoms with E-state index >= 15 is 0 Å². The highest BCUT2D eigenvalue weighted by Crippen LogP contribution is 2.32. The first kappa shape index (κ1) is 10.2. The Morgan fingerprint density at radius 3 is 2.87 bits per heavy atom. The van der Waals surface area contributed by atoms with E-state index < -0.39 is 5.97 Å². The average molecular weight is 206 g/mol. The summed E-state index contributed by atoms with van der Waals surface area (Å²) in [7, 11) is 0. The smallest absolute Gasteiger partial charge is 0.335 e. The molecule has 3 heteroatoms. The highest BCUT2D eigenvalue weighted by molar-refractivity contribution is 5.88. The average Bonchev–Trinajstić information content (AvgIpc) is 2.17. The van der Waals surface area contributed by atoms with Crippen LogP contribution in [0.15, 0.2) is 18.2 Å². The molecule has 0 aliphatic carbocycles. The van der Waals surface area contributed by atoms with E-state index in [2.05, 4.69) is 13.8 Å². The van der Waals surface area contributed by atoms with Crippen LogP contribution in [0.5, 0.6) is 0 Å². The standard InChI is InChI=1S/C12H14O3/c1-12(2)7-15-6-9-4-3-8(11(13)14)5-10(9)12/h3-5H,6-7H2,1-2H3,(H,13,14). The van der Waals surface area contributed by atoms with E-state index in [1.54, 1.807) is 12.1 Å². The van der Waals surface area contributed by atoms with Crippen LogP contribution in [0.1, 0.15) is 35.3 Å². The molecule has 0 amide bonds. The van der Waals surface area contributed by atoms with E-state index in [1.807, 2.05) is 6.07 Å². The van der Waals surface area contributed by atoms with Crippen molar-refractivity contribution in [3.8, 4) is 0 Å². The van der Waals surface area contributed by atoms with Gasteiger partial charge in [-0.05, 0) is 23.3 Å². The molecule has 1 aromatic carbocycles. The molecule has 1 aliphatic rings. The van der Waals surface area contributed by atoms with Gasteiger partial charge in [-0.25, -0.2) is 4.79 Å². The minimum atomic E-state index is -0.875. The molecule has 0 aromatic heterocycles. The van der Waals surface area contributed by atoms with Gasteiger partial charge in [-0.2, -0.15) is 0 Å². The van der Waals surface area contributed by atoms with Gasteiger partial charge in [-0.15, -0.1) is 0 Å². The fourth-order valence-electron chi connectivity index (χ4n) is 1.96.